The highest BCUT2D eigenvalue weighted by Crippen LogP contribution is 2.27. The molecule has 4 nitrogen and oxygen atoms in total. The van der Waals surface area contributed by atoms with E-state index in [2.05, 4.69) is 17.3 Å². The van der Waals surface area contributed by atoms with Crippen molar-refractivity contribution >= 4 is 16.7 Å². The number of benzene rings is 1. The van der Waals surface area contributed by atoms with Gasteiger partial charge in [-0.25, -0.2) is 15.2 Å². The van der Waals surface area contributed by atoms with Gasteiger partial charge in [0.1, 0.15) is 5.82 Å². The number of nitrogen functional groups attached to an aromatic ring is 1. The quantitative estimate of drug-likeness (QED) is 0.643. The largest absolute Gasteiger partial charge is 0.491 e. The van der Waals surface area contributed by atoms with E-state index in [-0.39, 0.29) is 5.75 Å². The zero-order chi connectivity index (χ0) is 13.8. The van der Waals surface area contributed by atoms with E-state index in [1.54, 1.807) is 6.07 Å². The van der Waals surface area contributed by atoms with Gasteiger partial charge in [-0.05, 0) is 31.0 Å². The van der Waals surface area contributed by atoms with E-state index in [1.807, 2.05) is 13.0 Å². The molecular weight excluding hydrogens is 245 g/mol. The molecule has 3 N–H and O–H groups in total. The fourth-order valence-electron chi connectivity index (χ4n) is 2.07. The molecule has 2 rings (SSSR count). The summed E-state index contributed by atoms with van der Waals surface area (Å²) in [6, 6.07) is 5.03. The summed E-state index contributed by atoms with van der Waals surface area (Å²) in [7, 11) is 0. The average molecular weight is 263 g/mol. The van der Waals surface area contributed by atoms with Gasteiger partial charge in [0.15, 0.2) is 11.6 Å². The highest BCUT2D eigenvalue weighted by atomic mass is 19.1. The van der Waals surface area contributed by atoms with Gasteiger partial charge in [-0.1, -0.05) is 13.3 Å². The number of ether oxygens (including phenoxy) is 1. The van der Waals surface area contributed by atoms with E-state index in [0.717, 1.165) is 23.8 Å². The van der Waals surface area contributed by atoms with E-state index in [0.29, 0.717) is 17.9 Å². The maximum Gasteiger partial charge on any atom is 0.167 e. The molecule has 0 amide bonds. The van der Waals surface area contributed by atoms with Crippen molar-refractivity contribution in [1.29, 1.82) is 0 Å². The van der Waals surface area contributed by atoms with Crippen molar-refractivity contribution < 1.29 is 9.13 Å². The predicted molar refractivity (Wildman–Crippen MR) is 74.7 cm³/mol. The first-order valence-electron chi connectivity index (χ1n) is 6.42. The smallest absolute Gasteiger partial charge is 0.167 e. The standard InChI is InChI=1S/C14H18FN3O/c1-3-5-9-6-10-7-13(19-4-2)11(15)8-12(10)17-14(9)18-16/h6-8H,3-5,16H2,1-2H3,(H,17,18). The minimum Gasteiger partial charge on any atom is -0.491 e. The SMILES string of the molecule is CCCc1cc2cc(OCC)c(F)cc2nc1NN. The Hall–Kier alpha value is -1.88. The summed E-state index contributed by atoms with van der Waals surface area (Å²) in [5.74, 6) is 5.90. The number of rotatable bonds is 5. The number of hydrogen-bond acceptors (Lipinski definition) is 4. The van der Waals surface area contributed by atoms with Crippen molar-refractivity contribution in [1.82, 2.24) is 4.98 Å². The summed E-state index contributed by atoms with van der Waals surface area (Å²) in [4.78, 5) is 4.34. The summed E-state index contributed by atoms with van der Waals surface area (Å²) in [5.41, 5.74) is 4.15. The van der Waals surface area contributed by atoms with Crippen LogP contribution >= 0.6 is 0 Å². The van der Waals surface area contributed by atoms with Crippen LogP contribution in [0.5, 0.6) is 5.75 Å². The number of hydrazine groups is 1. The second kappa shape index (κ2) is 5.84. The lowest BCUT2D eigenvalue weighted by Gasteiger charge is -2.11. The zero-order valence-electron chi connectivity index (χ0n) is 11.2. The fourth-order valence-corrected chi connectivity index (χ4v) is 2.07. The van der Waals surface area contributed by atoms with E-state index in [4.69, 9.17) is 10.6 Å². The molecule has 5 heteroatoms. The van der Waals surface area contributed by atoms with Gasteiger partial charge in [0.25, 0.3) is 0 Å². The van der Waals surface area contributed by atoms with E-state index in [9.17, 15) is 4.39 Å². The molecule has 1 heterocycles. The van der Waals surface area contributed by atoms with Gasteiger partial charge in [-0.3, -0.25) is 0 Å². The van der Waals surface area contributed by atoms with Gasteiger partial charge in [0.2, 0.25) is 0 Å². The van der Waals surface area contributed by atoms with Crippen LogP contribution in [0.15, 0.2) is 18.2 Å². The zero-order valence-corrected chi connectivity index (χ0v) is 11.2. The van der Waals surface area contributed by atoms with Crippen LogP contribution in [-0.2, 0) is 6.42 Å². The van der Waals surface area contributed by atoms with Crippen LogP contribution in [0.4, 0.5) is 10.2 Å². The molecular formula is C14H18FN3O. The number of aryl methyl sites for hydroxylation is 1. The summed E-state index contributed by atoms with van der Waals surface area (Å²) in [5, 5.41) is 0.854. The van der Waals surface area contributed by atoms with Crippen LogP contribution in [-0.4, -0.2) is 11.6 Å². The van der Waals surface area contributed by atoms with Crippen LogP contribution in [0.3, 0.4) is 0 Å². The molecule has 0 fully saturated rings. The third-order valence-corrected chi connectivity index (χ3v) is 2.90. The molecule has 19 heavy (non-hydrogen) atoms. The van der Waals surface area contributed by atoms with Crippen LogP contribution in [0.1, 0.15) is 25.8 Å². The van der Waals surface area contributed by atoms with Crippen molar-refractivity contribution in [2.45, 2.75) is 26.7 Å². The summed E-state index contributed by atoms with van der Waals surface area (Å²) >= 11 is 0. The molecule has 0 bridgehead atoms. The molecule has 0 spiro atoms. The van der Waals surface area contributed by atoms with Gasteiger partial charge in [0, 0.05) is 11.5 Å². The number of nitrogens with one attached hydrogen (secondary N) is 1. The molecule has 0 saturated carbocycles. The molecule has 102 valence electrons. The number of nitrogens with two attached hydrogens (primary N) is 1. The van der Waals surface area contributed by atoms with Gasteiger partial charge in [-0.2, -0.15) is 0 Å². The number of halogens is 1. The molecule has 0 aliphatic carbocycles. The van der Waals surface area contributed by atoms with Crippen molar-refractivity contribution in [2.24, 2.45) is 5.84 Å². The molecule has 0 saturated heterocycles. The maximum absolute atomic E-state index is 13.8. The lowest BCUT2D eigenvalue weighted by Crippen LogP contribution is -2.11. The second-order valence-corrected chi connectivity index (χ2v) is 4.30. The normalized spacial score (nSPS) is 10.7. The number of nitrogens with zero attached hydrogens (tertiary/aromatic N) is 1. The van der Waals surface area contributed by atoms with Crippen molar-refractivity contribution in [3.63, 3.8) is 0 Å². The minimum atomic E-state index is -0.409. The Morgan fingerprint density at radius 2 is 2.11 bits per heavy atom. The van der Waals surface area contributed by atoms with E-state index < -0.39 is 5.82 Å². The van der Waals surface area contributed by atoms with Crippen molar-refractivity contribution in [3.05, 3.63) is 29.6 Å². The monoisotopic (exact) mass is 263 g/mol. The molecule has 1 aromatic heterocycles. The molecule has 2 aromatic rings. The van der Waals surface area contributed by atoms with Crippen LogP contribution in [0, 0.1) is 5.82 Å². The molecule has 0 radical (unpaired) electrons. The number of anilines is 1. The van der Waals surface area contributed by atoms with Crippen molar-refractivity contribution in [3.8, 4) is 5.75 Å². The van der Waals surface area contributed by atoms with Crippen molar-refractivity contribution in [2.75, 3.05) is 12.0 Å². The fraction of sp³-hybridized carbons (Fsp3) is 0.357. The number of aromatic nitrogens is 1. The maximum atomic E-state index is 13.8. The first-order valence-corrected chi connectivity index (χ1v) is 6.42. The summed E-state index contributed by atoms with van der Waals surface area (Å²) in [6.07, 6.45) is 1.85. The first-order chi connectivity index (χ1) is 9.19. The Morgan fingerprint density at radius 3 is 2.74 bits per heavy atom. The Kier molecular flexibility index (Phi) is 4.16. The van der Waals surface area contributed by atoms with E-state index >= 15 is 0 Å². The Bertz CT molecular complexity index is 586. The van der Waals surface area contributed by atoms with Gasteiger partial charge >= 0.3 is 0 Å². The van der Waals surface area contributed by atoms with E-state index in [1.165, 1.54) is 6.07 Å². The van der Waals surface area contributed by atoms with Crippen LogP contribution in [0.2, 0.25) is 0 Å². The van der Waals surface area contributed by atoms with Gasteiger partial charge in [-0.15, -0.1) is 0 Å². The highest BCUT2D eigenvalue weighted by Gasteiger charge is 2.10. The third-order valence-electron chi connectivity index (χ3n) is 2.90. The van der Waals surface area contributed by atoms with Crippen LogP contribution < -0.4 is 16.0 Å². The molecule has 0 aliphatic rings. The molecule has 0 atom stereocenters. The predicted octanol–water partition coefficient (Wildman–Crippen LogP) is 3.01. The average Bonchev–Trinajstić information content (AvgIpc) is 2.40. The second-order valence-electron chi connectivity index (χ2n) is 4.30. The van der Waals surface area contributed by atoms with Gasteiger partial charge < -0.3 is 10.2 Å². The first kappa shape index (κ1) is 13.5. The lowest BCUT2D eigenvalue weighted by atomic mass is 10.1. The Morgan fingerprint density at radius 1 is 1.32 bits per heavy atom. The van der Waals surface area contributed by atoms with Gasteiger partial charge in [0.05, 0.1) is 12.1 Å². The number of pyridine rings is 1. The van der Waals surface area contributed by atoms with Crippen LogP contribution in [0.25, 0.3) is 10.9 Å². The number of hydrogen-bond donors (Lipinski definition) is 2. The Labute approximate surface area is 111 Å². The molecule has 0 aliphatic heterocycles. The minimum absolute atomic E-state index is 0.257. The summed E-state index contributed by atoms with van der Waals surface area (Å²) < 4.78 is 19.0. The molecule has 0 unspecified atom stereocenters. The topological polar surface area (TPSA) is 60.2 Å². The highest BCUT2D eigenvalue weighted by molar-refractivity contribution is 5.83. The Balaban J connectivity index is 2.57. The molecule has 1 aromatic carbocycles. The summed E-state index contributed by atoms with van der Waals surface area (Å²) in [6.45, 7) is 4.34. The lowest BCUT2D eigenvalue weighted by molar-refractivity contribution is 0.322. The third kappa shape index (κ3) is 2.76. The number of fused-ring (bicyclic) bond motifs is 1.